The fraction of sp³-hybridized carbons (Fsp3) is 0.333. The zero-order valence-corrected chi connectivity index (χ0v) is 20.4. The number of aliphatic hydroxyl groups excluding tert-OH is 1. The molecule has 1 amide bonds. The lowest BCUT2D eigenvalue weighted by Gasteiger charge is -2.29. The van der Waals surface area contributed by atoms with E-state index in [1.807, 2.05) is 20.2 Å². The summed E-state index contributed by atoms with van der Waals surface area (Å²) in [6.07, 6.45) is -3.91. The van der Waals surface area contributed by atoms with Crippen LogP contribution in [0.3, 0.4) is 0 Å². The minimum Gasteiger partial charge on any atom is -0.391 e. The quantitative estimate of drug-likeness (QED) is 0.358. The number of benzene rings is 2. The molecular weight excluding hydrogens is 487 g/mol. The van der Waals surface area contributed by atoms with Gasteiger partial charge in [-0.05, 0) is 30.3 Å². The largest absolute Gasteiger partial charge is 0.416 e. The second-order valence-electron chi connectivity index (χ2n) is 8.51. The average molecular weight is 513 g/mol. The number of thiazole rings is 1. The molecule has 1 N–H and O–H groups in total. The highest BCUT2D eigenvalue weighted by atomic mass is 35.5. The van der Waals surface area contributed by atoms with Crippen molar-refractivity contribution in [3.05, 3.63) is 64.5 Å². The molecule has 0 unspecified atom stereocenters. The van der Waals surface area contributed by atoms with Crippen molar-refractivity contribution < 1.29 is 27.6 Å². The molecule has 1 heterocycles. The number of carbonyl (C=O) groups is 1. The summed E-state index contributed by atoms with van der Waals surface area (Å²) in [5.74, 6) is -0.352. The summed E-state index contributed by atoms with van der Waals surface area (Å²) < 4.78 is 40.6. The van der Waals surface area contributed by atoms with E-state index in [9.17, 15) is 23.1 Å². The van der Waals surface area contributed by atoms with Gasteiger partial charge in [-0.15, -0.1) is 11.3 Å². The normalized spacial score (nSPS) is 12.1. The van der Waals surface area contributed by atoms with Crippen LogP contribution in [0.4, 0.5) is 24.0 Å². The lowest BCUT2D eigenvalue weighted by molar-refractivity contribution is -0.890. The Morgan fingerprint density at radius 1 is 1.15 bits per heavy atom. The number of aromatic nitrogens is 1. The Kier molecular flexibility index (Phi) is 8.35. The number of hydrogen-bond acceptors (Lipinski definition) is 4. The third-order valence-electron chi connectivity index (χ3n) is 5.34. The van der Waals surface area contributed by atoms with Crippen LogP contribution >= 0.6 is 22.9 Å². The molecule has 0 bridgehead atoms. The Labute approximate surface area is 205 Å². The molecule has 0 saturated heterocycles. The molecule has 0 fully saturated rings. The number of anilines is 2. The molecule has 1 aromatic heterocycles. The van der Waals surface area contributed by atoms with Gasteiger partial charge in [-0.25, -0.2) is 4.98 Å². The maximum absolute atomic E-state index is 13.4. The zero-order valence-electron chi connectivity index (χ0n) is 18.8. The molecule has 5 nitrogen and oxygen atoms in total. The molecule has 3 aromatic rings. The predicted octanol–water partition coefficient (Wildman–Crippen LogP) is 6.00. The van der Waals surface area contributed by atoms with Gasteiger partial charge in [0.15, 0.2) is 5.13 Å². The van der Waals surface area contributed by atoms with E-state index < -0.39 is 11.7 Å². The average Bonchev–Trinajstić information content (AvgIpc) is 3.23. The first kappa shape index (κ1) is 26.2. The van der Waals surface area contributed by atoms with Crippen LogP contribution in [0.15, 0.2) is 53.9 Å². The van der Waals surface area contributed by atoms with E-state index in [0.717, 1.165) is 17.7 Å². The van der Waals surface area contributed by atoms with Crippen LogP contribution in [-0.2, 0) is 11.0 Å². The van der Waals surface area contributed by atoms with E-state index >= 15 is 0 Å². The molecule has 0 aliphatic heterocycles. The number of hydrogen-bond donors (Lipinski definition) is 1. The Balaban J connectivity index is 1.92. The van der Waals surface area contributed by atoms with Crippen LogP contribution in [0, 0.1) is 0 Å². The topological polar surface area (TPSA) is 53.4 Å². The number of aliphatic hydroxyl groups is 1. The highest BCUT2D eigenvalue weighted by Crippen LogP contribution is 2.37. The maximum Gasteiger partial charge on any atom is 0.416 e. The van der Waals surface area contributed by atoms with Gasteiger partial charge < -0.3 is 9.59 Å². The van der Waals surface area contributed by atoms with Crippen LogP contribution in [0.5, 0.6) is 0 Å². The van der Waals surface area contributed by atoms with E-state index in [2.05, 4.69) is 4.98 Å². The lowest BCUT2D eigenvalue weighted by Crippen LogP contribution is -2.43. The van der Waals surface area contributed by atoms with Crippen molar-refractivity contribution in [3.8, 4) is 11.3 Å². The summed E-state index contributed by atoms with van der Waals surface area (Å²) in [7, 11) is 3.90. The number of nitrogens with zero attached hydrogens (tertiary/aromatic N) is 3. The summed E-state index contributed by atoms with van der Waals surface area (Å²) >= 11 is 7.25. The second-order valence-corrected chi connectivity index (χ2v) is 9.79. The van der Waals surface area contributed by atoms with Gasteiger partial charge in [0.2, 0.25) is 5.91 Å². The van der Waals surface area contributed by atoms with Crippen LogP contribution in [-0.4, -0.2) is 54.3 Å². The van der Waals surface area contributed by atoms with Crippen molar-refractivity contribution in [2.45, 2.75) is 19.0 Å². The Hall–Kier alpha value is -2.46. The third kappa shape index (κ3) is 6.79. The van der Waals surface area contributed by atoms with Crippen molar-refractivity contribution in [1.82, 2.24) is 4.98 Å². The molecule has 0 spiro atoms. The monoisotopic (exact) mass is 512 g/mol. The molecule has 10 heteroatoms. The summed E-state index contributed by atoms with van der Waals surface area (Å²) in [4.78, 5) is 19.1. The highest BCUT2D eigenvalue weighted by molar-refractivity contribution is 7.14. The fourth-order valence-electron chi connectivity index (χ4n) is 3.48. The molecule has 2 aromatic carbocycles. The summed E-state index contributed by atoms with van der Waals surface area (Å²) in [6.45, 7) is 1.21. The van der Waals surface area contributed by atoms with Crippen LogP contribution in [0.1, 0.15) is 18.4 Å². The van der Waals surface area contributed by atoms with Crippen LogP contribution in [0.25, 0.3) is 11.3 Å². The third-order valence-corrected chi connectivity index (χ3v) is 6.41. The van der Waals surface area contributed by atoms with Gasteiger partial charge in [0.1, 0.15) is 6.54 Å². The predicted molar refractivity (Wildman–Crippen MR) is 129 cm³/mol. The Bertz CT molecular complexity index is 1130. The van der Waals surface area contributed by atoms with E-state index in [4.69, 9.17) is 11.6 Å². The van der Waals surface area contributed by atoms with Crippen molar-refractivity contribution in [3.63, 3.8) is 0 Å². The number of halogens is 4. The first-order valence-corrected chi connectivity index (χ1v) is 11.9. The van der Waals surface area contributed by atoms with Gasteiger partial charge in [0.05, 0.1) is 44.2 Å². The van der Waals surface area contributed by atoms with Gasteiger partial charge >= 0.3 is 6.18 Å². The summed E-state index contributed by atoms with van der Waals surface area (Å²) in [5.41, 5.74) is 0.591. The van der Waals surface area contributed by atoms with E-state index in [1.54, 1.807) is 23.6 Å². The van der Waals surface area contributed by atoms with Crippen molar-refractivity contribution in [1.29, 1.82) is 0 Å². The maximum atomic E-state index is 13.4. The molecular formula is C24H26ClF3N3O2S+. The number of quaternary nitrogens is 1. The van der Waals surface area contributed by atoms with Gasteiger partial charge in [0.25, 0.3) is 0 Å². The van der Waals surface area contributed by atoms with E-state index in [-0.39, 0.29) is 29.8 Å². The number of likely N-dealkylation sites (N-methyl/N-ethyl adjacent to an activating group) is 1. The minimum atomic E-state index is -4.54. The summed E-state index contributed by atoms with van der Waals surface area (Å²) in [6, 6.07) is 11.8. The molecule has 0 saturated carbocycles. The number of amides is 1. The molecule has 0 aliphatic carbocycles. The first-order valence-electron chi connectivity index (χ1n) is 10.6. The Morgan fingerprint density at radius 3 is 2.56 bits per heavy atom. The molecule has 34 heavy (non-hydrogen) atoms. The van der Waals surface area contributed by atoms with Crippen LogP contribution < -0.4 is 4.90 Å². The SMILES string of the molecule is C[N+](C)(CCO)CCCC(=O)N(c1cccc(C(F)(F)F)c1)c1nc(-c2cccc(Cl)c2)cs1. The second kappa shape index (κ2) is 10.9. The van der Waals surface area contributed by atoms with Gasteiger partial charge in [-0.3, -0.25) is 9.69 Å². The molecule has 0 atom stereocenters. The lowest BCUT2D eigenvalue weighted by atomic mass is 10.1. The number of alkyl halides is 3. The standard InChI is InChI=1S/C24H26ClF3N3O2S/c1-31(2,12-13-32)11-5-10-22(33)30(20-9-4-7-18(15-20)24(26,27)28)23-29-21(16-34-23)17-6-3-8-19(25)14-17/h3-4,6-9,14-16,32H,5,10-13H2,1-2H3/q+1. The smallest absolute Gasteiger partial charge is 0.391 e. The van der Waals surface area contributed by atoms with Crippen molar-refractivity contribution in [2.24, 2.45) is 0 Å². The highest BCUT2D eigenvalue weighted by Gasteiger charge is 2.32. The van der Waals surface area contributed by atoms with Gasteiger partial charge in [-0.1, -0.05) is 29.8 Å². The molecule has 0 aliphatic rings. The van der Waals surface area contributed by atoms with Crippen molar-refractivity contribution in [2.75, 3.05) is 38.7 Å². The molecule has 3 rings (SSSR count). The zero-order chi connectivity index (χ0) is 24.9. The van der Waals surface area contributed by atoms with E-state index in [0.29, 0.717) is 34.7 Å². The van der Waals surface area contributed by atoms with Crippen LogP contribution in [0.2, 0.25) is 5.02 Å². The molecule has 182 valence electrons. The first-order chi connectivity index (χ1) is 16.0. The Morgan fingerprint density at radius 2 is 1.88 bits per heavy atom. The fourth-order valence-corrected chi connectivity index (χ4v) is 4.54. The summed E-state index contributed by atoms with van der Waals surface area (Å²) in [5, 5.41) is 11.8. The minimum absolute atomic E-state index is 0.0305. The molecule has 0 radical (unpaired) electrons. The van der Waals surface area contributed by atoms with Crippen molar-refractivity contribution >= 4 is 39.7 Å². The van der Waals surface area contributed by atoms with Gasteiger partial charge in [-0.2, -0.15) is 13.2 Å². The van der Waals surface area contributed by atoms with Gasteiger partial charge in [0, 0.05) is 28.8 Å². The number of carbonyl (C=O) groups excluding carboxylic acids is 1. The van der Waals surface area contributed by atoms with E-state index in [1.165, 1.54) is 28.4 Å². The number of rotatable bonds is 9.